The fourth-order valence-electron chi connectivity index (χ4n) is 1.85. The zero-order valence-electron chi connectivity index (χ0n) is 12.5. The lowest BCUT2D eigenvalue weighted by Gasteiger charge is -2.16. The number of hydrogen-bond donors (Lipinski definition) is 0. The van der Waals surface area contributed by atoms with Crippen molar-refractivity contribution in [3.8, 4) is 0 Å². The number of unbranched alkanes of at least 4 members (excludes halogenated alkanes) is 1. The molecule has 2 heterocycles. The summed E-state index contributed by atoms with van der Waals surface area (Å²) in [6, 6.07) is 1.83. The second-order valence-electron chi connectivity index (χ2n) is 4.85. The summed E-state index contributed by atoms with van der Waals surface area (Å²) in [5, 5.41) is 2.44. The Morgan fingerprint density at radius 2 is 2.29 bits per heavy atom. The van der Waals surface area contributed by atoms with Gasteiger partial charge in [-0.15, -0.1) is 11.3 Å². The van der Waals surface area contributed by atoms with Gasteiger partial charge >= 0.3 is 0 Å². The van der Waals surface area contributed by atoms with Gasteiger partial charge in [-0.25, -0.2) is 4.98 Å². The summed E-state index contributed by atoms with van der Waals surface area (Å²) in [4.78, 5) is 30.4. The Hall–Kier alpha value is -1.34. The summed E-state index contributed by atoms with van der Waals surface area (Å²) >= 11 is 2.71. The van der Waals surface area contributed by atoms with Gasteiger partial charge in [0.25, 0.3) is 5.56 Å². The molecule has 5 nitrogen and oxygen atoms in total. The van der Waals surface area contributed by atoms with E-state index in [-0.39, 0.29) is 11.5 Å². The molecule has 0 N–H and O–H groups in total. The van der Waals surface area contributed by atoms with Gasteiger partial charge in [0.15, 0.2) is 5.16 Å². The summed E-state index contributed by atoms with van der Waals surface area (Å²) in [7, 11) is 3.51. The highest BCUT2D eigenvalue weighted by Gasteiger charge is 2.13. The molecule has 0 atom stereocenters. The first-order valence-corrected chi connectivity index (χ1v) is 8.72. The lowest BCUT2D eigenvalue weighted by molar-refractivity contribution is -0.127. The summed E-state index contributed by atoms with van der Waals surface area (Å²) in [6.07, 6.45) is 2.07. The average molecular weight is 325 g/mol. The average Bonchev–Trinajstić information content (AvgIpc) is 2.95. The smallest absolute Gasteiger partial charge is 0.271 e. The first-order valence-electron chi connectivity index (χ1n) is 6.85. The number of carbonyl (C=O) groups excluding carboxylic acids is 1. The number of hydrogen-bond acceptors (Lipinski definition) is 5. The highest BCUT2D eigenvalue weighted by atomic mass is 32.2. The third kappa shape index (κ3) is 3.65. The predicted molar refractivity (Wildman–Crippen MR) is 88.1 cm³/mol. The highest BCUT2D eigenvalue weighted by Crippen LogP contribution is 2.20. The molecular formula is C14H19N3O2S2. The maximum Gasteiger partial charge on any atom is 0.271 e. The Kier molecular flexibility index (Phi) is 5.41. The molecule has 0 fully saturated rings. The molecule has 0 radical (unpaired) electrons. The molecule has 7 heteroatoms. The highest BCUT2D eigenvalue weighted by molar-refractivity contribution is 7.99. The topological polar surface area (TPSA) is 55.2 Å². The van der Waals surface area contributed by atoms with Crippen LogP contribution in [0.2, 0.25) is 0 Å². The maximum atomic E-state index is 12.2. The zero-order valence-corrected chi connectivity index (χ0v) is 14.1. The van der Waals surface area contributed by atoms with Crippen molar-refractivity contribution in [2.24, 2.45) is 7.05 Å². The van der Waals surface area contributed by atoms with Crippen LogP contribution in [0.4, 0.5) is 0 Å². The minimum atomic E-state index is -0.0516. The largest absolute Gasteiger partial charge is 0.345 e. The van der Waals surface area contributed by atoms with Crippen molar-refractivity contribution < 1.29 is 4.79 Å². The van der Waals surface area contributed by atoms with Crippen molar-refractivity contribution in [2.45, 2.75) is 24.9 Å². The van der Waals surface area contributed by atoms with Gasteiger partial charge in [-0.1, -0.05) is 25.1 Å². The number of aromatic nitrogens is 2. The Labute approximate surface area is 132 Å². The summed E-state index contributed by atoms with van der Waals surface area (Å²) in [6.45, 7) is 2.87. The van der Waals surface area contributed by atoms with E-state index in [9.17, 15) is 9.59 Å². The molecule has 0 saturated carbocycles. The molecule has 0 saturated heterocycles. The van der Waals surface area contributed by atoms with Gasteiger partial charge in [0.05, 0.1) is 11.3 Å². The van der Waals surface area contributed by atoms with Crippen molar-refractivity contribution in [1.82, 2.24) is 14.5 Å². The molecule has 0 aliphatic carbocycles. The van der Waals surface area contributed by atoms with Crippen molar-refractivity contribution in [3.05, 3.63) is 21.8 Å². The maximum absolute atomic E-state index is 12.2. The lowest BCUT2D eigenvalue weighted by Crippen LogP contribution is -2.29. The molecular weight excluding hydrogens is 306 g/mol. The normalized spacial score (nSPS) is 11.0. The molecule has 0 unspecified atom stereocenters. The summed E-state index contributed by atoms with van der Waals surface area (Å²) < 4.78 is 2.18. The van der Waals surface area contributed by atoms with Crippen LogP contribution >= 0.6 is 23.1 Å². The number of thioether (sulfide) groups is 1. The van der Waals surface area contributed by atoms with Gasteiger partial charge in [0.1, 0.15) is 4.70 Å². The van der Waals surface area contributed by atoms with E-state index in [1.165, 1.54) is 27.7 Å². The van der Waals surface area contributed by atoms with Gasteiger partial charge in [-0.3, -0.25) is 14.2 Å². The quantitative estimate of drug-likeness (QED) is 0.604. The van der Waals surface area contributed by atoms with E-state index in [0.717, 1.165) is 19.4 Å². The lowest BCUT2D eigenvalue weighted by atomic mass is 10.3. The van der Waals surface area contributed by atoms with Crippen LogP contribution < -0.4 is 5.56 Å². The number of carbonyl (C=O) groups is 1. The fourth-order valence-corrected chi connectivity index (χ4v) is 3.57. The van der Waals surface area contributed by atoms with E-state index in [2.05, 4.69) is 11.9 Å². The van der Waals surface area contributed by atoms with Crippen LogP contribution in [0, 0.1) is 0 Å². The van der Waals surface area contributed by atoms with Crippen LogP contribution in [0.15, 0.2) is 21.4 Å². The van der Waals surface area contributed by atoms with Crippen LogP contribution in [0.25, 0.3) is 10.2 Å². The molecule has 0 aliphatic rings. The minimum absolute atomic E-state index is 0.0516. The number of rotatable bonds is 6. The van der Waals surface area contributed by atoms with E-state index in [1.54, 1.807) is 11.9 Å². The number of amides is 1. The molecule has 1 amide bonds. The SMILES string of the molecule is CCCCN(C)C(=O)CSc1nc2ccsc2c(=O)n1C. The van der Waals surface area contributed by atoms with Gasteiger partial charge in [-0.05, 0) is 17.9 Å². The third-order valence-corrected chi connectivity index (χ3v) is 5.15. The van der Waals surface area contributed by atoms with Crippen LogP contribution in [-0.4, -0.2) is 39.7 Å². The standard InChI is InChI=1S/C14H19N3O2S2/c1-4-5-7-16(2)11(18)9-21-14-15-10-6-8-20-12(10)13(19)17(14)3/h6,8H,4-5,7,9H2,1-3H3. The van der Waals surface area contributed by atoms with E-state index < -0.39 is 0 Å². The van der Waals surface area contributed by atoms with E-state index in [4.69, 9.17) is 0 Å². The molecule has 114 valence electrons. The first kappa shape index (κ1) is 16.0. The van der Waals surface area contributed by atoms with Crippen molar-refractivity contribution in [3.63, 3.8) is 0 Å². The molecule has 21 heavy (non-hydrogen) atoms. The van der Waals surface area contributed by atoms with Crippen molar-refractivity contribution in [1.29, 1.82) is 0 Å². The summed E-state index contributed by atoms with van der Waals surface area (Å²) in [5.74, 6) is 0.365. The third-order valence-electron chi connectivity index (χ3n) is 3.24. The summed E-state index contributed by atoms with van der Waals surface area (Å²) in [5.41, 5.74) is 0.654. The number of fused-ring (bicyclic) bond motifs is 1. The van der Waals surface area contributed by atoms with Crippen LogP contribution in [0.5, 0.6) is 0 Å². The number of nitrogens with zero attached hydrogens (tertiary/aromatic N) is 3. The van der Waals surface area contributed by atoms with Crippen LogP contribution in [-0.2, 0) is 11.8 Å². The Bertz CT molecular complexity index is 693. The van der Waals surface area contributed by atoms with Gasteiger partial charge in [0, 0.05) is 20.6 Å². The molecule has 0 spiro atoms. The van der Waals surface area contributed by atoms with Crippen molar-refractivity contribution >= 4 is 39.2 Å². The Morgan fingerprint density at radius 3 is 3.00 bits per heavy atom. The van der Waals surface area contributed by atoms with E-state index in [0.29, 0.717) is 21.1 Å². The minimum Gasteiger partial charge on any atom is -0.345 e. The van der Waals surface area contributed by atoms with Crippen LogP contribution in [0.3, 0.4) is 0 Å². The monoisotopic (exact) mass is 325 g/mol. The molecule has 0 aromatic carbocycles. The van der Waals surface area contributed by atoms with Gasteiger partial charge in [0.2, 0.25) is 5.91 Å². The van der Waals surface area contributed by atoms with Crippen LogP contribution in [0.1, 0.15) is 19.8 Å². The molecule has 0 bridgehead atoms. The number of thiophene rings is 1. The second kappa shape index (κ2) is 7.09. The van der Waals surface area contributed by atoms with Gasteiger partial charge in [-0.2, -0.15) is 0 Å². The van der Waals surface area contributed by atoms with E-state index in [1.807, 2.05) is 18.5 Å². The first-order chi connectivity index (χ1) is 10.0. The molecule has 2 aromatic rings. The molecule has 0 aliphatic heterocycles. The molecule has 2 rings (SSSR count). The molecule has 2 aromatic heterocycles. The van der Waals surface area contributed by atoms with Crippen molar-refractivity contribution in [2.75, 3.05) is 19.3 Å². The predicted octanol–water partition coefficient (Wildman–Crippen LogP) is 2.35. The Morgan fingerprint density at radius 1 is 1.52 bits per heavy atom. The van der Waals surface area contributed by atoms with Gasteiger partial charge < -0.3 is 4.90 Å². The van der Waals surface area contributed by atoms with E-state index >= 15 is 0 Å². The zero-order chi connectivity index (χ0) is 15.4. The second-order valence-corrected chi connectivity index (χ2v) is 6.71. The Balaban J connectivity index is 2.08. The fraction of sp³-hybridized carbons (Fsp3) is 0.500.